The molecule has 2 atom stereocenters. The van der Waals surface area contributed by atoms with Gasteiger partial charge in [-0.3, -0.25) is 14.9 Å². The first kappa shape index (κ1) is 24.4. The lowest BCUT2D eigenvalue weighted by atomic mass is 10.0. The molecule has 4 amide bonds. The number of carbonyl (C=O) groups excluding carboxylic acids is 4. The number of nitrogens with one attached hydrogen (secondary N) is 3. The van der Waals surface area contributed by atoms with Gasteiger partial charge < -0.3 is 15.4 Å². The smallest absolute Gasteiger partial charge is 0.329 e. The molecule has 0 spiro atoms. The fourth-order valence-electron chi connectivity index (χ4n) is 2.29. The molecular weight excluding hydrogens is 398 g/mol. The Bertz CT molecular complexity index is 721. The van der Waals surface area contributed by atoms with E-state index in [4.69, 9.17) is 16.3 Å². The van der Waals surface area contributed by atoms with E-state index < -0.39 is 36.5 Å². The summed E-state index contributed by atoms with van der Waals surface area (Å²) in [7, 11) is 0. The number of amides is 4. The Hall–Kier alpha value is -2.61. The third-order valence-electron chi connectivity index (χ3n) is 3.99. The Morgan fingerprint density at radius 3 is 2.21 bits per heavy atom. The van der Waals surface area contributed by atoms with Gasteiger partial charge in [0.15, 0.2) is 6.61 Å². The van der Waals surface area contributed by atoms with Crippen molar-refractivity contribution in [1.29, 1.82) is 0 Å². The maximum absolute atomic E-state index is 12.4. The van der Waals surface area contributed by atoms with Crippen molar-refractivity contribution in [3.8, 4) is 0 Å². The van der Waals surface area contributed by atoms with Crippen LogP contribution in [0.2, 0.25) is 5.02 Å². The molecular formula is C20H28ClN3O5. The molecule has 0 aliphatic carbocycles. The standard InChI is InChI=1S/C20H28ClN3O5/c1-5-13(4)22-20(28)24-17(25)11-29-19(27)16(10-12(2)3)23-18(26)14-6-8-15(21)9-7-14/h6-9,12-13,16H,5,10-11H2,1-4H3,(H,23,26)(H2,22,24,25,28)/t13-,16-/m0/s1. The van der Waals surface area contributed by atoms with Crippen LogP contribution in [0.3, 0.4) is 0 Å². The third kappa shape index (κ3) is 9.43. The molecule has 0 aliphatic heterocycles. The van der Waals surface area contributed by atoms with Crippen LogP contribution in [0.4, 0.5) is 4.79 Å². The predicted molar refractivity (Wildman–Crippen MR) is 110 cm³/mol. The van der Waals surface area contributed by atoms with Gasteiger partial charge >= 0.3 is 12.0 Å². The van der Waals surface area contributed by atoms with Crippen LogP contribution in [0.15, 0.2) is 24.3 Å². The summed E-state index contributed by atoms with van der Waals surface area (Å²) in [5.74, 6) is -1.88. The van der Waals surface area contributed by atoms with Crippen molar-refractivity contribution in [2.45, 2.75) is 52.6 Å². The number of benzene rings is 1. The minimum absolute atomic E-state index is 0.0909. The van der Waals surface area contributed by atoms with Crippen LogP contribution in [0.5, 0.6) is 0 Å². The average molecular weight is 426 g/mol. The van der Waals surface area contributed by atoms with Gasteiger partial charge in [0.1, 0.15) is 6.04 Å². The van der Waals surface area contributed by atoms with Gasteiger partial charge in [-0.25, -0.2) is 9.59 Å². The molecule has 0 bridgehead atoms. The lowest BCUT2D eigenvalue weighted by Crippen LogP contribution is -2.46. The van der Waals surface area contributed by atoms with Crippen molar-refractivity contribution >= 4 is 35.4 Å². The average Bonchev–Trinajstić information content (AvgIpc) is 2.65. The number of ether oxygens (including phenoxy) is 1. The lowest BCUT2D eigenvalue weighted by Gasteiger charge is -2.19. The molecule has 1 aromatic carbocycles. The summed E-state index contributed by atoms with van der Waals surface area (Å²) in [5.41, 5.74) is 0.343. The number of hydrogen-bond acceptors (Lipinski definition) is 5. The van der Waals surface area contributed by atoms with Crippen LogP contribution in [-0.2, 0) is 14.3 Å². The normalized spacial score (nSPS) is 12.6. The van der Waals surface area contributed by atoms with Crippen molar-refractivity contribution in [2.24, 2.45) is 5.92 Å². The van der Waals surface area contributed by atoms with Crippen molar-refractivity contribution in [2.75, 3.05) is 6.61 Å². The van der Waals surface area contributed by atoms with Crippen LogP contribution in [-0.4, -0.2) is 42.5 Å². The van der Waals surface area contributed by atoms with E-state index in [0.29, 0.717) is 23.4 Å². The molecule has 0 unspecified atom stereocenters. The number of imide groups is 1. The first-order valence-electron chi connectivity index (χ1n) is 9.45. The Kier molecular flexibility index (Phi) is 10.2. The van der Waals surface area contributed by atoms with Crippen LogP contribution in [0.1, 0.15) is 50.9 Å². The summed E-state index contributed by atoms with van der Waals surface area (Å²) in [6.07, 6.45) is 1.04. The summed E-state index contributed by atoms with van der Waals surface area (Å²) < 4.78 is 4.99. The number of hydrogen-bond donors (Lipinski definition) is 3. The zero-order valence-electron chi connectivity index (χ0n) is 17.1. The molecule has 0 aliphatic rings. The predicted octanol–water partition coefficient (Wildman–Crippen LogP) is 2.65. The van der Waals surface area contributed by atoms with E-state index in [1.165, 1.54) is 0 Å². The number of rotatable bonds is 9. The molecule has 0 heterocycles. The minimum Gasteiger partial charge on any atom is -0.454 e. The van der Waals surface area contributed by atoms with Gasteiger partial charge in [-0.15, -0.1) is 0 Å². The Labute approximate surface area is 175 Å². The van der Waals surface area contributed by atoms with Gasteiger partial charge in [0.05, 0.1) is 0 Å². The van der Waals surface area contributed by atoms with Crippen molar-refractivity contribution < 1.29 is 23.9 Å². The van der Waals surface area contributed by atoms with E-state index in [1.54, 1.807) is 31.2 Å². The van der Waals surface area contributed by atoms with Crippen molar-refractivity contribution in [3.63, 3.8) is 0 Å². The van der Waals surface area contributed by atoms with E-state index in [2.05, 4.69) is 16.0 Å². The second-order valence-corrected chi connectivity index (χ2v) is 7.54. The van der Waals surface area contributed by atoms with Gasteiger partial charge in [-0.2, -0.15) is 0 Å². The summed E-state index contributed by atoms with van der Waals surface area (Å²) >= 11 is 5.81. The van der Waals surface area contributed by atoms with E-state index in [-0.39, 0.29) is 12.0 Å². The number of esters is 1. The maximum Gasteiger partial charge on any atom is 0.329 e. The summed E-state index contributed by atoms with van der Waals surface area (Å²) in [6, 6.07) is 4.54. The first-order valence-corrected chi connectivity index (χ1v) is 9.83. The highest BCUT2D eigenvalue weighted by atomic mass is 35.5. The van der Waals surface area contributed by atoms with E-state index in [9.17, 15) is 19.2 Å². The van der Waals surface area contributed by atoms with Crippen LogP contribution in [0.25, 0.3) is 0 Å². The minimum atomic E-state index is -0.931. The van der Waals surface area contributed by atoms with Gasteiger partial charge in [0, 0.05) is 16.6 Å². The molecule has 1 rings (SSSR count). The quantitative estimate of drug-likeness (QED) is 0.526. The molecule has 0 aromatic heterocycles. The number of urea groups is 1. The zero-order valence-corrected chi connectivity index (χ0v) is 17.8. The van der Waals surface area contributed by atoms with E-state index in [0.717, 1.165) is 0 Å². The second-order valence-electron chi connectivity index (χ2n) is 7.10. The van der Waals surface area contributed by atoms with E-state index in [1.807, 2.05) is 20.8 Å². The highest BCUT2D eigenvalue weighted by Crippen LogP contribution is 2.11. The Morgan fingerprint density at radius 2 is 1.66 bits per heavy atom. The molecule has 29 heavy (non-hydrogen) atoms. The molecule has 3 N–H and O–H groups in total. The molecule has 9 heteroatoms. The molecule has 0 saturated carbocycles. The molecule has 0 fully saturated rings. The molecule has 1 aromatic rings. The van der Waals surface area contributed by atoms with Gasteiger partial charge in [-0.05, 0) is 49.9 Å². The summed E-state index contributed by atoms with van der Waals surface area (Å²) in [5, 5.41) is 7.76. The maximum atomic E-state index is 12.4. The first-order chi connectivity index (χ1) is 13.6. The van der Waals surface area contributed by atoms with Crippen molar-refractivity contribution in [3.05, 3.63) is 34.9 Å². The Morgan fingerprint density at radius 1 is 1.03 bits per heavy atom. The molecule has 0 radical (unpaired) electrons. The van der Waals surface area contributed by atoms with E-state index >= 15 is 0 Å². The lowest BCUT2D eigenvalue weighted by molar-refractivity contribution is -0.150. The largest absolute Gasteiger partial charge is 0.454 e. The number of halogens is 1. The highest BCUT2D eigenvalue weighted by Gasteiger charge is 2.25. The fraction of sp³-hybridized carbons (Fsp3) is 0.500. The Balaban J connectivity index is 2.62. The van der Waals surface area contributed by atoms with Crippen LogP contribution in [0, 0.1) is 5.92 Å². The van der Waals surface area contributed by atoms with Gasteiger partial charge in [-0.1, -0.05) is 32.4 Å². The molecule has 0 saturated heterocycles. The van der Waals surface area contributed by atoms with Gasteiger partial charge in [0.25, 0.3) is 11.8 Å². The second kappa shape index (κ2) is 12.1. The van der Waals surface area contributed by atoms with Crippen LogP contribution < -0.4 is 16.0 Å². The van der Waals surface area contributed by atoms with Gasteiger partial charge in [0.2, 0.25) is 0 Å². The molecule has 8 nitrogen and oxygen atoms in total. The third-order valence-corrected chi connectivity index (χ3v) is 4.24. The number of carbonyl (C=O) groups is 4. The topological polar surface area (TPSA) is 114 Å². The van der Waals surface area contributed by atoms with Crippen molar-refractivity contribution in [1.82, 2.24) is 16.0 Å². The fourth-order valence-corrected chi connectivity index (χ4v) is 2.42. The summed E-state index contributed by atoms with van der Waals surface area (Å²) in [6.45, 7) is 6.84. The SMILES string of the molecule is CC[C@H](C)NC(=O)NC(=O)COC(=O)[C@H](CC(C)C)NC(=O)c1ccc(Cl)cc1. The monoisotopic (exact) mass is 425 g/mol. The molecule has 160 valence electrons. The zero-order chi connectivity index (χ0) is 22.0. The summed E-state index contributed by atoms with van der Waals surface area (Å²) in [4.78, 5) is 48.2. The highest BCUT2D eigenvalue weighted by molar-refractivity contribution is 6.30. The van der Waals surface area contributed by atoms with Crippen LogP contribution >= 0.6 is 11.6 Å².